The maximum Gasteiger partial charge on any atom is 0.409 e. The number of fused-ring (bicyclic) bond motifs is 1. The van der Waals surface area contributed by atoms with Gasteiger partial charge in [-0.15, -0.1) is 10.2 Å². The van der Waals surface area contributed by atoms with Gasteiger partial charge in [-0.3, -0.25) is 14.5 Å². The van der Waals surface area contributed by atoms with E-state index < -0.39 is 30.5 Å². The highest BCUT2D eigenvalue weighted by atomic mass is 32.2. The third kappa shape index (κ3) is 4.03. The number of alkyl halides is 3. The second kappa shape index (κ2) is 7.86. The second-order valence-corrected chi connectivity index (χ2v) is 7.26. The maximum absolute atomic E-state index is 13.7. The molecule has 2 aromatic heterocycles. The lowest BCUT2D eigenvalue weighted by Gasteiger charge is -2.31. The zero-order valence-electron chi connectivity index (χ0n) is 15.1. The normalized spacial score (nSPS) is 16.7. The van der Waals surface area contributed by atoms with Gasteiger partial charge in [0, 0.05) is 6.20 Å². The standard InChI is InChI=1S/C18H14F3N5O3S/c19-18(20,21)13-8-14(27)23-10-4-1-2-6-12(10)26(13)15(28)9-30-17-25-24-16(29-17)11-5-3-7-22-11/h1-7,13,22H,8-9H2,(H,23,27)/t13-/m0/s1. The highest BCUT2D eigenvalue weighted by Crippen LogP contribution is 2.38. The van der Waals surface area contributed by atoms with Crippen molar-refractivity contribution < 1.29 is 27.2 Å². The molecular weight excluding hydrogens is 423 g/mol. The van der Waals surface area contributed by atoms with Gasteiger partial charge >= 0.3 is 6.18 Å². The van der Waals surface area contributed by atoms with Crippen LogP contribution in [0.2, 0.25) is 0 Å². The fourth-order valence-corrected chi connectivity index (χ4v) is 3.65. The summed E-state index contributed by atoms with van der Waals surface area (Å²) in [6.07, 6.45) is -4.02. The molecule has 12 heteroatoms. The predicted octanol–water partition coefficient (Wildman–Crippen LogP) is 3.46. The first-order valence-corrected chi connectivity index (χ1v) is 9.69. The van der Waals surface area contributed by atoms with Crippen molar-refractivity contribution in [1.82, 2.24) is 15.2 Å². The molecule has 1 atom stereocenters. The number of thioether (sulfide) groups is 1. The van der Waals surface area contributed by atoms with Crippen LogP contribution in [0.5, 0.6) is 0 Å². The topological polar surface area (TPSA) is 104 Å². The number of nitrogens with zero attached hydrogens (tertiary/aromatic N) is 3. The molecule has 0 saturated carbocycles. The molecule has 0 fully saturated rings. The molecule has 4 rings (SSSR count). The Kier molecular flexibility index (Phi) is 5.24. The van der Waals surface area contributed by atoms with Crippen molar-refractivity contribution in [3.63, 3.8) is 0 Å². The zero-order chi connectivity index (χ0) is 21.3. The lowest BCUT2D eigenvalue weighted by Crippen LogP contribution is -2.50. The van der Waals surface area contributed by atoms with Gasteiger partial charge in [-0.05, 0) is 24.3 Å². The minimum atomic E-state index is -4.79. The van der Waals surface area contributed by atoms with Gasteiger partial charge in [0.15, 0.2) is 0 Å². The number of hydrogen-bond acceptors (Lipinski definition) is 6. The Morgan fingerprint density at radius 1 is 1.23 bits per heavy atom. The monoisotopic (exact) mass is 437 g/mol. The highest BCUT2D eigenvalue weighted by Gasteiger charge is 2.48. The Hall–Kier alpha value is -3.28. The Morgan fingerprint density at radius 2 is 2.03 bits per heavy atom. The van der Waals surface area contributed by atoms with Crippen LogP contribution in [0, 0.1) is 0 Å². The number of aromatic nitrogens is 3. The van der Waals surface area contributed by atoms with Gasteiger partial charge < -0.3 is 14.7 Å². The Morgan fingerprint density at radius 3 is 2.77 bits per heavy atom. The maximum atomic E-state index is 13.7. The quantitative estimate of drug-likeness (QED) is 0.606. The van der Waals surface area contributed by atoms with Crippen molar-refractivity contribution in [2.75, 3.05) is 16.0 Å². The molecule has 0 unspecified atom stereocenters. The Bertz CT molecular complexity index is 1070. The molecule has 1 aliphatic heterocycles. The first-order chi connectivity index (χ1) is 14.3. The molecule has 0 bridgehead atoms. The highest BCUT2D eigenvalue weighted by molar-refractivity contribution is 7.99. The Balaban J connectivity index is 1.58. The zero-order valence-corrected chi connectivity index (χ0v) is 16.0. The van der Waals surface area contributed by atoms with Crippen molar-refractivity contribution in [1.29, 1.82) is 0 Å². The molecule has 2 N–H and O–H groups in total. The Labute approximate surface area is 171 Å². The SMILES string of the molecule is O=C1C[C@@H](C(F)(F)F)N(C(=O)CSc2nnc(-c3ccc[nH]3)o2)c2ccccc2N1. The fourth-order valence-electron chi connectivity index (χ4n) is 3.03. The van der Waals surface area contributed by atoms with Gasteiger partial charge in [0.1, 0.15) is 11.7 Å². The van der Waals surface area contributed by atoms with Crippen LogP contribution in [0.3, 0.4) is 0 Å². The van der Waals surface area contributed by atoms with Crippen molar-refractivity contribution in [3.05, 3.63) is 42.6 Å². The van der Waals surface area contributed by atoms with Crippen LogP contribution < -0.4 is 10.2 Å². The van der Waals surface area contributed by atoms with Gasteiger partial charge in [-0.1, -0.05) is 23.9 Å². The van der Waals surface area contributed by atoms with E-state index in [0.717, 1.165) is 11.8 Å². The van der Waals surface area contributed by atoms with Crippen LogP contribution in [0.15, 0.2) is 52.2 Å². The number of halogens is 3. The second-order valence-electron chi connectivity index (χ2n) is 6.34. The van der Waals surface area contributed by atoms with E-state index in [1.54, 1.807) is 24.4 Å². The summed E-state index contributed by atoms with van der Waals surface area (Å²) >= 11 is 0.817. The number of rotatable bonds is 4. The van der Waals surface area contributed by atoms with Gasteiger partial charge in [-0.25, -0.2) is 0 Å². The third-order valence-corrected chi connectivity index (χ3v) is 5.13. The molecule has 3 aromatic rings. The summed E-state index contributed by atoms with van der Waals surface area (Å²) in [7, 11) is 0. The number of benzene rings is 1. The number of carbonyl (C=O) groups is 2. The molecule has 0 spiro atoms. The van der Waals surface area contributed by atoms with E-state index in [1.807, 2.05) is 0 Å². The summed E-state index contributed by atoms with van der Waals surface area (Å²) in [6, 6.07) is 7.02. The van der Waals surface area contributed by atoms with Crippen LogP contribution in [0.1, 0.15) is 6.42 Å². The molecule has 0 saturated heterocycles. The lowest BCUT2D eigenvalue weighted by atomic mass is 10.1. The first kappa shape index (κ1) is 20.0. The summed E-state index contributed by atoms with van der Waals surface area (Å²) in [5.74, 6) is -1.86. The minimum Gasteiger partial charge on any atom is -0.410 e. The number of para-hydroxylation sites is 2. The van der Waals surface area contributed by atoms with Crippen LogP contribution in [-0.2, 0) is 9.59 Å². The van der Waals surface area contributed by atoms with Crippen molar-refractivity contribution in [3.8, 4) is 11.6 Å². The summed E-state index contributed by atoms with van der Waals surface area (Å²) in [6.45, 7) is 0. The van der Waals surface area contributed by atoms with Crippen molar-refractivity contribution >= 4 is 35.0 Å². The van der Waals surface area contributed by atoms with E-state index in [4.69, 9.17) is 4.42 Å². The minimum absolute atomic E-state index is 0.0196. The number of aromatic amines is 1. The van der Waals surface area contributed by atoms with Crippen molar-refractivity contribution in [2.24, 2.45) is 0 Å². The smallest absolute Gasteiger partial charge is 0.409 e. The molecule has 3 heterocycles. The van der Waals surface area contributed by atoms with Gasteiger partial charge in [0.05, 0.1) is 23.5 Å². The summed E-state index contributed by atoms with van der Waals surface area (Å²) in [4.78, 5) is 28.3. The molecule has 1 aromatic carbocycles. The van der Waals surface area contributed by atoms with E-state index in [2.05, 4.69) is 20.5 Å². The van der Waals surface area contributed by atoms with E-state index in [1.165, 1.54) is 18.2 Å². The fraction of sp³-hybridized carbons (Fsp3) is 0.222. The number of H-pyrrole nitrogens is 1. The summed E-state index contributed by atoms with van der Waals surface area (Å²) in [5, 5.41) is 10.1. The molecule has 156 valence electrons. The van der Waals surface area contributed by atoms with E-state index >= 15 is 0 Å². The largest absolute Gasteiger partial charge is 0.410 e. The lowest BCUT2D eigenvalue weighted by molar-refractivity contribution is -0.157. The van der Waals surface area contributed by atoms with Crippen molar-refractivity contribution in [2.45, 2.75) is 23.9 Å². The average Bonchev–Trinajstić information content (AvgIpc) is 3.35. The molecule has 0 aliphatic carbocycles. The average molecular weight is 437 g/mol. The number of anilines is 2. The van der Waals surface area contributed by atoms with Crippen LogP contribution in [-0.4, -0.2) is 45.0 Å². The van der Waals surface area contributed by atoms with E-state index in [9.17, 15) is 22.8 Å². The predicted molar refractivity (Wildman–Crippen MR) is 102 cm³/mol. The molecule has 8 nitrogen and oxygen atoms in total. The number of amides is 2. The van der Waals surface area contributed by atoms with Gasteiger partial charge in [-0.2, -0.15) is 13.2 Å². The molecule has 2 amide bonds. The van der Waals surface area contributed by atoms with Crippen LogP contribution >= 0.6 is 11.8 Å². The molecule has 0 radical (unpaired) electrons. The number of nitrogens with one attached hydrogen (secondary N) is 2. The molecular formula is C18H14F3N5O3S. The molecule has 1 aliphatic rings. The van der Waals surface area contributed by atoms with Gasteiger partial charge in [0.2, 0.25) is 11.8 Å². The summed E-state index contributed by atoms with van der Waals surface area (Å²) < 4.78 is 46.5. The molecule has 30 heavy (non-hydrogen) atoms. The van der Waals surface area contributed by atoms with E-state index in [0.29, 0.717) is 10.6 Å². The van der Waals surface area contributed by atoms with Crippen LogP contribution in [0.25, 0.3) is 11.6 Å². The summed E-state index contributed by atoms with van der Waals surface area (Å²) in [5.41, 5.74) is 0.692. The van der Waals surface area contributed by atoms with Crippen LogP contribution in [0.4, 0.5) is 24.5 Å². The first-order valence-electron chi connectivity index (χ1n) is 8.70. The van der Waals surface area contributed by atoms with Gasteiger partial charge in [0.25, 0.3) is 11.1 Å². The number of hydrogen-bond donors (Lipinski definition) is 2. The third-order valence-electron chi connectivity index (χ3n) is 4.33. The van der Waals surface area contributed by atoms with E-state index in [-0.39, 0.29) is 28.2 Å². The number of carbonyl (C=O) groups excluding carboxylic acids is 2.